The summed E-state index contributed by atoms with van der Waals surface area (Å²) in [6.45, 7) is 0. The zero-order valence-corrected chi connectivity index (χ0v) is 27.2. The summed E-state index contributed by atoms with van der Waals surface area (Å²) in [7, 11) is 0. The molecular weight excluding hydrogens is 652 g/mol. The number of hydrogen-bond donors (Lipinski definition) is 0. The Morgan fingerprint density at radius 2 is 0.750 bits per heavy atom. The van der Waals surface area contributed by atoms with Crippen molar-refractivity contribution >= 4 is 8.41 Å². The molecule has 0 atom stereocenters. The average molecular weight is 667 g/mol. The van der Waals surface area contributed by atoms with Crippen LogP contribution in [0.4, 0.5) is 0 Å². The molecule has 0 heterocycles. The zero-order valence-electron chi connectivity index (χ0n) is 10.2. The SMILES string of the molecule is [B].[CH-]1CC2C[CH-]CC2C1.[CH3-].[Y].[Y].[Y].[Y].[Y].[Y]. The average Bonchev–Trinajstić information content (AvgIpc) is 2.15. The second-order valence-corrected chi connectivity index (χ2v) is 3.04. The second-order valence-electron chi connectivity index (χ2n) is 3.04. The van der Waals surface area contributed by atoms with Gasteiger partial charge < -0.3 is 20.3 Å². The summed E-state index contributed by atoms with van der Waals surface area (Å²) in [5, 5.41) is 0. The van der Waals surface area contributed by atoms with Crippen LogP contribution in [0.2, 0.25) is 0 Å². The van der Waals surface area contributed by atoms with E-state index in [4.69, 9.17) is 0 Å². The molecule has 2 aliphatic rings. The maximum absolute atomic E-state index is 2.46. The molecule has 2 saturated carbocycles. The van der Waals surface area contributed by atoms with Crippen LogP contribution in [-0.2, 0) is 196 Å². The first-order chi connectivity index (χ1) is 3.97. The molecule has 0 aliphatic heterocycles. The van der Waals surface area contributed by atoms with Gasteiger partial charge in [-0.1, -0.05) is 11.8 Å². The molecule has 0 aromatic heterocycles. The van der Waals surface area contributed by atoms with Crippen LogP contribution in [0.5, 0.6) is 0 Å². The van der Waals surface area contributed by atoms with Gasteiger partial charge in [0.2, 0.25) is 0 Å². The largest absolute Gasteiger partial charge is 0.358 e. The van der Waals surface area contributed by atoms with Crippen LogP contribution in [0.3, 0.4) is 0 Å². The van der Waals surface area contributed by atoms with Crippen molar-refractivity contribution in [3.05, 3.63) is 20.3 Å². The van der Waals surface area contributed by atoms with Crippen LogP contribution in [0, 0.1) is 32.1 Å². The minimum Gasteiger partial charge on any atom is -0.358 e. The monoisotopic (exact) mass is 668 g/mol. The van der Waals surface area contributed by atoms with Crippen molar-refractivity contribution in [2.75, 3.05) is 0 Å². The van der Waals surface area contributed by atoms with Gasteiger partial charge in [-0.15, -0.1) is 0 Å². The van der Waals surface area contributed by atoms with Gasteiger partial charge in [0.05, 0.1) is 0 Å². The molecule has 0 nitrogen and oxygen atoms in total. The minimum atomic E-state index is 0. The Kier molecular flexibility index (Phi) is 72.0. The van der Waals surface area contributed by atoms with Crippen molar-refractivity contribution in [3.63, 3.8) is 0 Å². The molecule has 16 heavy (non-hydrogen) atoms. The third kappa shape index (κ3) is 15.6. The molecule has 0 bridgehead atoms. The molecule has 0 spiro atoms. The summed E-state index contributed by atoms with van der Waals surface area (Å²) < 4.78 is 0. The Morgan fingerprint density at radius 3 is 0.938 bits per heavy atom. The van der Waals surface area contributed by atoms with Crippen molar-refractivity contribution in [2.45, 2.75) is 25.7 Å². The molecule has 2 aliphatic carbocycles. The van der Waals surface area contributed by atoms with Crippen molar-refractivity contribution in [1.29, 1.82) is 0 Å². The van der Waals surface area contributed by atoms with Gasteiger partial charge in [-0.2, -0.15) is 25.7 Å². The molecule has 0 saturated heterocycles. The van der Waals surface area contributed by atoms with Gasteiger partial charge in [-0.05, 0) is 0 Å². The normalized spacial score (nSPS) is 22.5. The topological polar surface area (TPSA) is 0 Å². The molecule has 0 N–H and O–H groups in total. The van der Waals surface area contributed by atoms with E-state index in [1.165, 1.54) is 25.7 Å². The third-order valence-electron chi connectivity index (χ3n) is 2.54. The van der Waals surface area contributed by atoms with Crippen LogP contribution in [0.25, 0.3) is 0 Å². The Balaban J connectivity index is -0.0000000202. The fraction of sp³-hybridized carbons (Fsp3) is 0.667. The van der Waals surface area contributed by atoms with Gasteiger partial charge in [-0.25, -0.2) is 0 Å². The minimum absolute atomic E-state index is 0. The van der Waals surface area contributed by atoms with E-state index >= 15 is 0 Å². The first kappa shape index (κ1) is 43.4. The first-order valence-electron chi connectivity index (χ1n) is 3.60. The van der Waals surface area contributed by atoms with E-state index in [0.29, 0.717) is 0 Å². The number of rotatable bonds is 0. The summed E-state index contributed by atoms with van der Waals surface area (Å²) in [5.74, 6) is 2.13. The molecule has 0 aromatic rings. The molecule has 0 amide bonds. The van der Waals surface area contributed by atoms with Crippen molar-refractivity contribution in [2.24, 2.45) is 11.8 Å². The molecule has 2 fully saturated rings. The maximum Gasteiger partial charge on any atom is 0 e. The molecule has 7 heteroatoms. The van der Waals surface area contributed by atoms with Crippen LogP contribution in [-0.4, -0.2) is 8.41 Å². The van der Waals surface area contributed by atoms with Crippen LogP contribution >= 0.6 is 0 Å². The predicted molar refractivity (Wildman–Crippen MR) is 46.2 cm³/mol. The molecule has 9 radical (unpaired) electrons. The van der Waals surface area contributed by atoms with Crippen LogP contribution < -0.4 is 0 Å². The van der Waals surface area contributed by atoms with Crippen molar-refractivity contribution in [1.82, 2.24) is 0 Å². The third-order valence-corrected chi connectivity index (χ3v) is 2.54. The van der Waals surface area contributed by atoms with E-state index in [0.717, 1.165) is 11.8 Å². The molecular formula is C9H15BY6-3. The van der Waals surface area contributed by atoms with E-state index in [9.17, 15) is 0 Å². The smallest absolute Gasteiger partial charge is 0 e. The van der Waals surface area contributed by atoms with Gasteiger partial charge >= 0.3 is 0 Å². The van der Waals surface area contributed by atoms with Crippen LogP contribution in [0.15, 0.2) is 0 Å². The maximum atomic E-state index is 2.46. The summed E-state index contributed by atoms with van der Waals surface area (Å²) in [5.41, 5.74) is 0. The summed E-state index contributed by atoms with van der Waals surface area (Å²) in [4.78, 5) is 0. The second kappa shape index (κ2) is 26.6. The molecule has 0 aromatic carbocycles. The molecule has 75 valence electrons. The number of fused-ring (bicyclic) bond motifs is 1. The van der Waals surface area contributed by atoms with E-state index in [1.54, 1.807) is 0 Å². The molecule has 2 rings (SSSR count). The number of hydrogen-bond acceptors (Lipinski definition) is 0. The first-order valence-corrected chi connectivity index (χ1v) is 3.60. The van der Waals surface area contributed by atoms with Gasteiger partial charge in [0, 0.05) is 205 Å². The Labute approximate surface area is 255 Å². The summed E-state index contributed by atoms with van der Waals surface area (Å²) in [6.07, 6.45) is 10.5. The summed E-state index contributed by atoms with van der Waals surface area (Å²) in [6, 6.07) is 0. The van der Waals surface area contributed by atoms with Crippen molar-refractivity contribution in [3.8, 4) is 0 Å². The van der Waals surface area contributed by atoms with Gasteiger partial charge in [0.15, 0.2) is 0 Å². The van der Waals surface area contributed by atoms with E-state index in [2.05, 4.69) is 12.8 Å². The van der Waals surface area contributed by atoms with E-state index < -0.39 is 0 Å². The van der Waals surface area contributed by atoms with Gasteiger partial charge in [-0.3, -0.25) is 0 Å². The van der Waals surface area contributed by atoms with E-state index in [1.807, 2.05) is 0 Å². The zero-order chi connectivity index (χ0) is 5.40. The fourth-order valence-corrected chi connectivity index (χ4v) is 2.01. The van der Waals surface area contributed by atoms with Gasteiger partial charge in [0.1, 0.15) is 0 Å². The fourth-order valence-electron chi connectivity index (χ4n) is 2.01. The Morgan fingerprint density at radius 1 is 0.562 bits per heavy atom. The van der Waals surface area contributed by atoms with Crippen LogP contribution in [0.1, 0.15) is 25.7 Å². The van der Waals surface area contributed by atoms with Crippen molar-refractivity contribution < 1.29 is 196 Å². The quantitative estimate of drug-likeness (QED) is 0.275. The van der Waals surface area contributed by atoms with Gasteiger partial charge in [0.25, 0.3) is 0 Å². The Hall–Kier alpha value is 6.69. The summed E-state index contributed by atoms with van der Waals surface area (Å²) >= 11 is 0. The molecule has 0 unspecified atom stereocenters. The standard InChI is InChI=1S/C8H12.CH3.B.6Y/c1-3-7-5-2-6-8(7)4-1;;;;;;;;/h1-2,7-8H,3-6H2;1H3;;;;;;;/q-2;-1;;;;;;;. The Bertz CT molecular complexity index is 86.0. The predicted octanol–water partition coefficient (Wildman–Crippen LogP) is 2.27. The van der Waals surface area contributed by atoms with E-state index in [-0.39, 0.29) is 212 Å².